The number of carbonyl (C=O) groups is 2. The highest BCUT2D eigenvalue weighted by atomic mass is 35.5. The van der Waals surface area contributed by atoms with Crippen LogP contribution in [0.15, 0.2) is 71.4 Å². The van der Waals surface area contributed by atoms with Crippen molar-refractivity contribution in [2.75, 3.05) is 12.4 Å². The van der Waals surface area contributed by atoms with Gasteiger partial charge < -0.3 is 14.0 Å². The summed E-state index contributed by atoms with van der Waals surface area (Å²) < 4.78 is 15.7. The first-order valence-electron chi connectivity index (χ1n) is 10.7. The highest BCUT2D eigenvalue weighted by Crippen LogP contribution is 2.33. The van der Waals surface area contributed by atoms with Crippen molar-refractivity contribution < 1.29 is 23.6 Å². The fraction of sp³-hybridized carbons (Fsp3) is 0.154. The third-order valence-electron chi connectivity index (χ3n) is 5.36. The van der Waals surface area contributed by atoms with Gasteiger partial charge in [-0.2, -0.15) is 0 Å². The molecule has 4 rings (SSSR count). The molecular formula is C26H22ClN3O5. The van der Waals surface area contributed by atoms with E-state index in [4.69, 9.17) is 20.9 Å². The topological polar surface area (TPSA) is 104 Å². The number of nitrogens with one attached hydrogen (secondary N) is 1. The summed E-state index contributed by atoms with van der Waals surface area (Å²) in [7, 11) is 1.31. The minimum Gasteiger partial charge on any atom is -0.464 e. The molecule has 2 aromatic heterocycles. The number of nitrogens with zero attached hydrogens (tertiary/aromatic N) is 2. The molecule has 0 saturated carbocycles. The zero-order valence-corrected chi connectivity index (χ0v) is 20.0. The van der Waals surface area contributed by atoms with E-state index in [2.05, 4.69) is 20.2 Å². The summed E-state index contributed by atoms with van der Waals surface area (Å²) in [5.74, 6) is -0.0945. The number of carbonyl (C=O) groups excluding carboxylic acids is 2. The van der Waals surface area contributed by atoms with Gasteiger partial charge in [0.15, 0.2) is 5.76 Å². The largest absolute Gasteiger partial charge is 0.464 e. The summed E-state index contributed by atoms with van der Waals surface area (Å²) >= 11 is 6.20. The molecule has 1 unspecified atom stereocenters. The van der Waals surface area contributed by atoms with Crippen LogP contribution in [0, 0.1) is 6.92 Å². The van der Waals surface area contributed by atoms with Crippen LogP contribution in [0.3, 0.4) is 0 Å². The second-order valence-corrected chi connectivity index (χ2v) is 8.07. The molecule has 0 radical (unpaired) electrons. The predicted molar refractivity (Wildman–Crippen MR) is 131 cm³/mol. The van der Waals surface area contributed by atoms with E-state index >= 15 is 0 Å². The van der Waals surface area contributed by atoms with Crippen LogP contribution in [-0.2, 0) is 9.47 Å². The second-order valence-electron chi connectivity index (χ2n) is 7.67. The smallest absolute Gasteiger partial charge is 0.412 e. The highest BCUT2D eigenvalue weighted by Gasteiger charge is 2.20. The Bertz CT molecular complexity index is 1350. The van der Waals surface area contributed by atoms with Crippen LogP contribution in [0.2, 0.25) is 5.02 Å². The van der Waals surface area contributed by atoms with Crippen LogP contribution in [0.25, 0.3) is 22.5 Å². The first kappa shape index (κ1) is 24.0. The normalized spacial score (nSPS) is 11.5. The van der Waals surface area contributed by atoms with E-state index in [9.17, 15) is 9.59 Å². The van der Waals surface area contributed by atoms with Crippen molar-refractivity contribution in [1.82, 2.24) is 10.1 Å². The van der Waals surface area contributed by atoms with Gasteiger partial charge in [-0.15, -0.1) is 0 Å². The number of benzene rings is 2. The number of aryl methyl sites for hydroxylation is 1. The summed E-state index contributed by atoms with van der Waals surface area (Å²) in [5.41, 5.74) is 4.28. The first-order chi connectivity index (χ1) is 16.9. The SMILES string of the molecule is COC(=O)c1ccc(-c2ccc(-c3onc(C)c3NC(=O)OC(C)c3ccccc3Cl)cc2)cn1. The van der Waals surface area contributed by atoms with Gasteiger partial charge in [-0.3, -0.25) is 5.32 Å². The van der Waals surface area contributed by atoms with Crippen molar-refractivity contribution in [3.05, 3.63) is 88.8 Å². The van der Waals surface area contributed by atoms with Gasteiger partial charge in [0.25, 0.3) is 0 Å². The van der Waals surface area contributed by atoms with Gasteiger partial charge in [0.05, 0.1) is 7.11 Å². The Hall–Kier alpha value is -4.17. The molecule has 0 fully saturated rings. The highest BCUT2D eigenvalue weighted by molar-refractivity contribution is 6.31. The summed E-state index contributed by atoms with van der Waals surface area (Å²) in [4.78, 5) is 28.3. The van der Waals surface area contributed by atoms with Gasteiger partial charge in [0.1, 0.15) is 23.2 Å². The average Bonchev–Trinajstić information content (AvgIpc) is 3.23. The van der Waals surface area contributed by atoms with Gasteiger partial charge >= 0.3 is 12.1 Å². The number of amides is 1. The fourth-order valence-electron chi connectivity index (χ4n) is 3.48. The Morgan fingerprint density at radius 1 is 1.00 bits per heavy atom. The number of anilines is 1. The van der Waals surface area contributed by atoms with Crippen LogP contribution in [0.4, 0.5) is 10.5 Å². The number of halogens is 1. The Kier molecular flexibility index (Phi) is 7.12. The lowest BCUT2D eigenvalue weighted by molar-refractivity contribution is 0.0594. The van der Waals surface area contributed by atoms with E-state index in [1.807, 2.05) is 36.4 Å². The van der Waals surface area contributed by atoms with E-state index in [-0.39, 0.29) is 5.69 Å². The molecule has 2 heterocycles. The van der Waals surface area contributed by atoms with Gasteiger partial charge in [0, 0.05) is 27.9 Å². The van der Waals surface area contributed by atoms with Crippen molar-refractivity contribution in [2.45, 2.75) is 20.0 Å². The number of rotatable bonds is 6. The number of methoxy groups -OCH3 is 1. The monoisotopic (exact) mass is 491 g/mol. The number of aromatic nitrogens is 2. The van der Waals surface area contributed by atoms with E-state index in [1.54, 1.807) is 44.3 Å². The summed E-state index contributed by atoms with van der Waals surface area (Å²) in [6.07, 6.45) is 0.396. The maximum atomic E-state index is 12.6. The fourth-order valence-corrected chi connectivity index (χ4v) is 3.77. The molecule has 1 amide bonds. The molecule has 0 spiro atoms. The molecule has 0 saturated heterocycles. The lowest BCUT2D eigenvalue weighted by atomic mass is 10.0. The third-order valence-corrected chi connectivity index (χ3v) is 5.70. The third kappa shape index (κ3) is 5.33. The molecule has 1 atom stereocenters. The van der Waals surface area contributed by atoms with Crippen LogP contribution in [0.5, 0.6) is 0 Å². The van der Waals surface area contributed by atoms with E-state index in [0.717, 1.165) is 11.1 Å². The molecule has 8 nitrogen and oxygen atoms in total. The average molecular weight is 492 g/mol. The lowest BCUT2D eigenvalue weighted by Crippen LogP contribution is -2.17. The summed E-state index contributed by atoms with van der Waals surface area (Å²) in [6.45, 7) is 3.47. The van der Waals surface area contributed by atoms with Gasteiger partial charge in [0.2, 0.25) is 0 Å². The molecule has 1 N–H and O–H groups in total. The summed E-state index contributed by atoms with van der Waals surface area (Å²) in [6, 6.07) is 18.0. The van der Waals surface area contributed by atoms with E-state index in [0.29, 0.717) is 33.3 Å². The lowest BCUT2D eigenvalue weighted by Gasteiger charge is -2.15. The maximum absolute atomic E-state index is 12.6. The quantitative estimate of drug-likeness (QED) is 0.308. The number of pyridine rings is 1. The molecule has 35 heavy (non-hydrogen) atoms. The van der Waals surface area contributed by atoms with Crippen LogP contribution >= 0.6 is 11.6 Å². The number of esters is 1. The molecule has 0 bridgehead atoms. The standard InChI is InChI=1S/C26H22ClN3O5/c1-15-23(29-26(32)34-16(2)20-6-4-5-7-21(20)27)24(35-30-15)18-10-8-17(9-11-18)19-12-13-22(28-14-19)25(31)33-3/h4-14,16H,1-3H3,(H,29,32). The minimum absolute atomic E-state index is 0.233. The minimum atomic E-state index is -0.654. The Labute approximate surface area is 206 Å². The van der Waals surface area contributed by atoms with Crippen LogP contribution in [0.1, 0.15) is 34.8 Å². The maximum Gasteiger partial charge on any atom is 0.412 e. The molecular weight excluding hydrogens is 470 g/mol. The number of ether oxygens (including phenoxy) is 2. The Morgan fingerprint density at radius 2 is 1.69 bits per heavy atom. The zero-order valence-electron chi connectivity index (χ0n) is 19.2. The van der Waals surface area contributed by atoms with Gasteiger partial charge in [-0.25, -0.2) is 14.6 Å². The van der Waals surface area contributed by atoms with Gasteiger partial charge in [-0.05, 0) is 31.5 Å². The molecule has 0 aliphatic rings. The molecule has 4 aromatic rings. The van der Waals surface area contributed by atoms with Crippen molar-refractivity contribution >= 4 is 29.4 Å². The second kappa shape index (κ2) is 10.4. The van der Waals surface area contributed by atoms with E-state index < -0.39 is 18.2 Å². The van der Waals surface area contributed by atoms with Crippen LogP contribution < -0.4 is 5.32 Å². The van der Waals surface area contributed by atoms with Gasteiger partial charge in [-0.1, -0.05) is 65.3 Å². The van der Waals surface area contributed by atoms with Crippen molar-refractivity contribution in [3.8, 4) is 22.5 Å². The van der Waals surface area contributed by atoms with Crippen molar-refractivity contribution in [3.63, 3.8) is 0 Å². The molecule has 2 aromatic carbocycles. The number of hydrogen-bond acceptors (Lipinski definition) is 7. The molecule has 0 aliphatic heterocycles. The van der Waals surface area contributed by atoms with Crippen LogP contribution in [-0.4, -0.2) is 29.3 Å². The first-order valence-corrected chi connectivity index (χ1v) is 11.1. The molecule has 9 heteroatoms. The molecule has 0 aliphatic carbocycles. The Morgan fingerprint density at radius 3 is 2.34 bits per heavy atom. The van der Waals surface area contributed by atoms with E-state index in [1.165, 1.54) is 7.11 Å². The zero-order chi connectivity index (χ0) is 24.9. The number of hydrogen-bond donors (Lipinski definition) is 1. The summed E-state index contributed by atoms with van der Waals surface area (Å²) in [5, 5.41) is 7.24. The molecule has 178 valence electrons. The van der Waals surface area contributed by atoms with Crippen molar-refractivity contribution in [2.24, 2.45) is 0 Å². The Balaban J connectivity index is 1.49. The predicted octanol–water partition coefficient (Wildman–Crippen LogP) is 6.46. The van der Waals surface area contributed by atoms with Crippen molar-refractivity contribution in [1.29, 1.82) is 0 Å².